The molecule has 1 unspecified atom stereocenters. The summed E-state index contributed by atoms with van der Waals surface area (Å²) in [5, 5.41) is 8.74. The zero-order valence-corrected chi connectivity index (χ0v) is 10.4. The molecule has 3 N–H and O–H groups in total. The van der Waals surface area contributed by atoms with Crippen LogP contribution in [0.15, 0.2) is 10.5 Å². The largest absolute Gasteiger partial charge is 0.480 e. The topological polar surface area (TPSA) is 63.3 Å². The Bertz CT molecular complexity index is 349. The molecule has 1 heterocycles. The van der Waals surface area contributed by atoms with Crippen molar-refractivity contribution in [3.8, 4) is 0 Å². The van der Waals surface area contributed by atoms with Crippen molar-refractivity contribution in [3.63, 3.8) is 0 Å². The Hall–Kier alpha value is -0.390. The number of aliphatic carboxylic acids is 1. The predicted molar refractivity (Wildman–Crippen MR) is 60.7 cm³/mol. The van der Waals surface area contributed by atoms with Gasteiger partial charge >= 0.3 is 5.97 Å². The van der Waals surface area contributed by atoms with Crippen molar-refractivity contribution < 1.29 is 9.90 Å². The number of carbonyl (C=O) groups is 1. The van der Waals surface area contributed by atoms with Crippen molar-refractivity contribution in [3.05, 3.63) is 20.3 Å². The molecular formula is C9H12BrNO2S. The molecule has 0 bridgehead atoms. The maximum atomic E-state index is 10.7. The minimum atomic E-state index is -0.992. The van der Waals surface area contributed by atoms with E-state index in [0.717, 1.165) is 9.35 Å². The SMILES string of the molecule is CC(C)c1sc(C(N)C(=O)O)cc1Br. The molecule has 1 aromatic heterocycles. The number of thiophene rings is 1. The first kappa shape index (κ1) is 11.7. The molecule has 0 aliphatic carbocycles. The van der Waals surface area contributed by atoms with Crippen LogP contribution in [0.3, 0.4) is 0 Å². The number of nitrogens with two attached hydrogens (primary N) is 1. The second-order valence-electron chi connectivity index (χ2n) is 3.33. The molecule has 0 amide bonds. The van der Waals surface area contributed by atoms with Crippen molar-refractivity contribution in [2.75, 3.05) is 0 Å². The molecule has 0 radical (unpaired) electrons. The molecule has 0 aliphatic heterocycles. The molecule has 5 heteroatoms. The fourth-order valence-electron chi connectivity index (χ4n) is 1.07. The Kier molecular flexibility index (Phi) is 3.69. The van der Waals surface area contributed by atoms with E-state index in [1.165, 1.54) is 11.3 Å². The lowest BCUT2D eigenvalue weighted by Crippen LogP contribution is -2.19. The van der Waals surface area contributed by atoms with E-state index >= 15 is 0 Å². The molecular weight excluding hydrogens is 266 g/mol. The second kappa shape index (κ2) is 4.42. The standard InChI is InChI=1S/C9H12BrNO2S/c1-4(2)8-5(10)3-6(14-8)7(11)9(12)13/h3-4,7H,11H2,1-2H3,(H,12,13). The molecule has 78 valence electrons. The van der Waals surface area contributed by atoms with Gasteiger partial charge in [-0.1, -0.05) is 13.8 Å². The van der Waals surface area contributed by atoms with Gasteiger partial charge in [0.15, 0.2) is 0 Å². The number of hydrogen-bond acceptors (Lipinski definition) is 3. The Morgan fingerprint density at radius 3 is 2.57 bits per heavy atom. The Morgan fingerprint density at radius 2 is 2.21 bits per heavy atom. The highest BCUT2D eigenvalue weighted by Gasteiger charge is 2.19. The van der Waals surface area contributed by atoms with Gasteiger partial charge in [-0.25, -0.2) is 0 Å². The highest BCUT2D eigenvalue weighted by atomic mass is 79.9. The van der Waals surface area contributed by atoms with Gasteiger partial charge in [-0.3, -0.25) is 4.79 Å². The Labute approximate surface area is 95.1 Å². The summed E-state index contributed by atoms with van der Waals surface area (Å²) in [6.45, 7) is 4.12. The highest BCUT2D eigenvalue weighted by Crippen LogP contribution is 2.35. The second-order valence-corrected chi connectivity index (χ2v) is 5.30. The number of rotatable bonds is 3. The first-order valence-electron chi connectivity index (χ1n) is 4.21. The molecule has 0 spiro atoms. The number of halogens is 1. The predicted octanol–water partition coefficient (Wildman–Crippen LogP) is 2.72. The first-order chi connectivity index (χ1) is 6.43. The van der Waals surface area contributed by atoms with Gasteiger partial charge in [-0.05, 0) is 27.9 Å². The minimum Gasteiger partial charge on any atom is -0.480 e. The molecule has 0 aromatic carbocycles. The number of carboxylic acids is 1. The van der Waals surface area contributed by atoms with Crippen molar-refractivity contribution in [2.45, 2.75) is 25.8 Å². The van der Waals surface area contributed by atoms with Gasteiger partial charge in [0.2, 0.25) is 0 Å². The van der Waals surface area contributed by atoms with Crippen LogP contribution in [-0.2, 0) is 4.79 Å². The number of carboxylic acid groups (broad SMARTS) is 1. The van der Waals surface area contributed by atoms with E-state index in [9.17, 15) is 4.79 Å². The molecule has 1 atom stereocenters. The maximum Gasteiger partial charge on any atom is 0.325 e. The van der Waals surface area contributed by atoms with Gasteiger partial charge in [0.25, 0.3) is 0 Å². The molecule has 0 saturated heterocycles. The molecule has 0 aliphatic rings. The summed E-state index contributed by atoms with van der Waals surface area (Å²) in [4.78, 5) is 12.5. The Balaban J connectivity index is 3.02. The third-order valence-electron chi connectivity index (χ3n) is 1.83. The summed E-state index contributed by atoms with van der Waals surface area (Å²) >= 11 is 4.85. The average Bonchev–Trinajstić information content (AvgIpc) is 2.45. The van der Waals surface area contributed by atoms with Crippen LogP contribution >= 0.6 is 27.3 Å². The molecule has 14 heavy (non-hydrogen) atoms. The van der Waals surface area contributed by atoms with Crippen LogP contribution < -0.4 is 5.73 Å². The minimum absolute atomic E-state index is 0.379. The highest BCUT2D eigenvalue weighted by molar-refractivity contribution is 9.10. The quantitative estimate of drug-likeness (QED) is 0.893. The van der Waals surface area contributed by atoms with Crippen LogP contribution in [0.5, 0.6) is 0 Å². The molecule has 1 rings (SSSR count). The van der Waals surface area contributed by atoms with E-state index < -0.39 is 12.0 Å². The van der Waals surface area contributed by atoms with Crippen molar-refractivity contribution in [1.29, 1.82) is 0 Å². The smallest absolute Gasteiger partial charge is 0.325 e. The van der Waals surface area contributed by atoms with Crippen LogP contribution in [0.25, 0.3) is 0 Å². The summed E-state index contributed by atoms with van der Waals surface area (Å²) in [5.41, 5.74) is 5.51. The third-order valence-corrected chi connectivity index (χ3v) is 4.27. The zero-order valence-electron chi connectivity index (χ0n) is 7.95. The zero-order chi connectivity index (χ0) is 10.9. The molecule has 1 aromatic rings. The lowest BCUT2D eigenvalue weighted by Gasteiger charge is -2.02. The van der Waals surface area contributed by atoms with Gasteiger partial charge in [0.05, 0.1) is 0 Å². The normalized spacial score (nSPS) is 13.2. The average molecular weight is 278 g/mol. The van der Waals surface area contributed by atoms with Gasteiger partial charge < -0.3 is 10.8 Å². The van der Waals surface area contributed by atoms with Gasteiger partial charge in [-0.2, -0.15) is 0 Å². The van der Waals surface area contributed by atoms with Crippen LogP contribution in [0.4, 0.5) is 0 Å². The van der Waals surface area contributed by atoms with E-state index in [4.69, 9.17) is 10.8 Å². The van der Waals surface area contributed by atoms with Crippen LogP contribution in [0.2, 0.25) is 0 Å². The van der Waals surface area contributed by atoms with Gasteiger partial charge in [-0.15, -0.1) is 11.3 Å². The van der Waals surface area contributed by atoms with Crippen molar-refractivity contribution in [1.82, 2.24) is 0 Å². The summed E-state index contributed by atoms with van der Waals surface area (Å²) < 4.78 is 0.948. The molecule has 3 nitrogen and oxygen atoms in total. The molecule has 0 saturated carbocycles. The Morgan fingerprint density at radius 1 is 1.64 bits per heavy atom. The fraction of sp³-hybridized carbons (Fsp3) is 0.444. The van der Waals surface area contributed by atoms with E-state index in [-0.39, 0.29) is 0 Å². The summed E-state index contributed by atoms with van der Waals surface area (Å²) in [7, 11) is 0. The maximum absolute atomic E-state index is 10.7. The van der Waals surface area contributed by atoms with E-state index in [1.54, 1.807) is 6.07 Å². The van der Waals surface area contributed by atoms with Crippen LogP contribution in [0, 0.1) is 0 Å². The van der Waals surface area contributed by atoms with Gasteiger partial charge in [0, 0.05) is 14.2 Å². The molecule has 0 fully saturated rings. The summed E-state index contributed by atoms with van der Waals surface area (Å²) in [6.07, 6.45) is 0. The monoisotopic (exact) mass is 277 g/mol. The first-order valence-corrected chi connectivity index (χ1v) is 5.82. The summed E-state index contributed by atoms with van der Waals surface area (Å²) in [6, 6.07) is 0.877. The lowest BCUT2D eigenvalue weighted by molar-refractivity contribution is -0.138. The summed E-state index contributed by atoms with van der Waals surface area (Å²) in [5.74, 6) is -0.613. The number of hydrogen-bond donors (Lipinski definition) is 2. The van der Waals surface area contributed by atoms with E-state index in [1.807, 2.05) is 0 Å². The van der Waals surface area contributed by atoms with Gasteiger partial charge in [0.1, 0.15) is 6.04 Å². The third kappa shape index (κ3) is 2.34. The van der Waals surface area contributed by atoms with E-state index in [2.05, 4.69) is 29.8 Å². The fourth-order valence-corrected chi connectivity index (χ4v) is 3.22. The van der Waals surface area contributed by atoms with Crippen molar-refractivity contribution in [2.24, 2.45) is 5.73 Å². The van der Waals surface area contributed by atoms with Crippen LogP contribution in [-0.4, -0.2) is 11.1 Å². The van der Waals surface area contributed by atoms with Crippen molar-refractivity contribution >= 4 is 33.2 Å². The van der Waals surface area contributed by atoms with Crippen LogP contribution in [0.1, 0.15) is 35.6 Å². The lowest BCUT2D eigenvalue weighted by atomic mass is 10.2. The van der Waals surface area contributed by atoms with E-state index in [0.29, 0.717) is 10.8 Å².